The number of rotatable bonds is 39. The van der Waals surface area contributed by atoms with Crippen LogP contribution in [0.15, 0.2) is 0 Å². The summed E-state index contributed by atoms with van der Waals surface area (Å²) in [6.45, 7) is -1.73. The van der Waals surface area contributed by atoms with Gasteiger partial charge >= 0.3 is 0 Å². The predicted molar refractivity (Wildman–Crippen MR) is 271 cm³/mol. The van der Waals surface area contributed by atoms with Gasteiger partial charge in [0.25, 0.3) is 0 Å². The summed E-state index contributed by atoms with van der Waals surface area (Å²) in [5.74, 6) is -2.87. The van der Waals surface area contributed by atoms with Crippen LogP contribution in [-0.2, 0) is 47.4 Å². The number of aliphatic hydroxyl groups is 16. The summed E-state index contributed by atoms with van der Waals surface area (Å²) in [4.78, 5) is 0. The molecular weight excluding hydrogens is 1040 g/mol. The SMILES string of the molecule is CCCCCCCCCCCO[C@H]([C@@H](OCCCCCCCCCCC)[C@H](CO[C@@H]1OC(CO)[C@@H](O)C(O)C1O)O[C@]1(O)COC(CO)[C@@H](O)C1O)[C@H](CO[C@@H]1OC(CO)[C@@H](O)C(O)C1O)O[C@@H]1OC(CO)[C@@H](O)C(O)C1O. The molecule has 11 unspecified atom stereocenters. The molecule has 0 radical (unpaired) electrons. The van der Waals surface area contributed by atoms with Crippen LogP contribution in [0.1, 0.15) is 129 Å². The molecule has 0 aromatic carbocycles. The normalized spacial score (nSPS) is 37.3. The lowest BCUT2D eigenvalue weighted by molar-refractivity contribution is -0.373. The average molecular weight is 1140 g/mol. The molecule has 0 bridgehead atoms. The third-order valence-electron chi connectivity index (χ3n) is 15.1. The van der Waals surface area contributed by atoms with Gasteiger partial charge in [0.15, 0.2) is 18.9 Å². The molecule has 0 spiro atoms. The molecule has 23 atom stereocenters. The fourth-order valence-electron chi connectivity index (χ4n) is 10.0. The minimum Gasteiger partial charge on any atom is -0.394 e. The Morgan fingerprint density at radius 3 is 1.15 bits per heavy atom. The monoisotopic (exact) mass is 1140 g/mol. The molecule has 0 aromatic heterocycles. The Morgan fingerprint density at radius 1 is 0.410 bits per heavy atom. The molecule has 0 aromatic rings. The van der Waals surface area contributed by atoms with E-state index in [9.17, 15) is 81.7 Å². The van der Waals surface area contributed by atoms with E-state index in [1.807, 2.05) is 0 Å². The number of hydrogen-bond acceptors (Lipinski definition) is 26. The first-order valence-corrected chi connectivity index (χ1v) is 28.4. The van der Waals surface area contributed by atoms with E-state index in [2.05, 4.69) is 13.8 Å². The first-order chi connectivity index (χ1) is 37.4. The van der Waals surface area contributed by atoms with Crippen molar-refractivity contribution in [3.63, 3.8) is 0 Å². The molecule has 78 heavy (non-hydrogen) atoms. The van der Waals surface area contributed by atoms with Gasteiger partial charge in [0.05, 0.1) is 39.6 Å². The van der Waals surface area contributed by atoms with Crippen molar-refractivity contribution < 1.29 is 129 Å². The molecule has 0 amide bonds. The van der Waals surface area contributed by atoms with Gasteiger partial charge in [-0.3, -0.25) is 0 Å². The zero-order valence-electron chi connectivity index (χ0n) is 45.5. The third-order valence-corrected chi connectivity index (χ3v) is 15.1. The number of aliphatic hydroxyl groups excluding tert-OH is 15. The summed E-state index contributed by atoms with van der Waals surface area (Å²) in [5, 5.41) is 173. The molecule has 4 aliphatic heterocycles. The molecule has 26 heteroatoms. The number of hydrogen-bond donors (Lipinski definition) is 16. The highest BCUT2D eigenvalue weighted by molar-refractivity contribution is 4.98. The summed E-state index contributed by atoms with van der Waals surface area (Å²) >= 11 is 0. The Labute approximate surface area is 457 Å². The van der Waals surface area contributed by atoms with E-state index in [1.165, 1.54) is 0 Å². The Bertz CT molecular complexity index is 1540. The van der Waals surface area contributed by atoms with E-state index >= 15 is 0 Å². The Morgan fingerprint density at radius 2 is 0.756 bits per heavy atom. The van der Waals surface area contributed by atoms with Gasteiger partial charge in [-0.1, -0.05) is 117 Å². The molecule has 4 fully saturated rings. The summed E-state index contributed by atoms with van der Waals surface area (Å²) in [5.41, 5.74) is 0. The molecule has 462 valence electrons. The molecule has 4 saturated heterocycles. The van der Waals surface area contributed by atoms with E-state index in [0.29, 0.717) is 25.7 Å². The zero-order chi connectivity index (χ0) is 57.4. The quantitative estimate of drug-likeness (QED) is 0.0213. The van der Waals surface area contributed by atoms with Gasteiger partial charge in [-0.05, 0) is 12.8 Å². The van der Waals surface area contributed by atoms with Gasteiger partial charge in [0.2, 0.25) is 5.79 Å². The highest BCUT2D eigenvalue weighted by Gasteiger charge is 2.55. The van der Waals surface area contributed by atoms with Crippen molar-refractivity contribution in [3.8, 4) is 0 Å². The van der Waals surface area contributed by atoms with Crippen LogP contribution in [0.3, 0.4) is 0 Å². The van der Waals surface area contributed by atoms with E-state index in [1.54, 1.807) is 0 Å². The second-order valence-corrected chi connectivity index (χ2v) is 21.2. The Balaban J connectivity index is 1.85. The molecule has 16 N–H and O–H groups in total. The Kier molecular flexibility index (Phi) is 32.6. The second-order valence-electron chi connectivity index (χ2n) is 21.2. The van der Waals surface area contributed by atoms with Crippen molar-refractivity contribution in [1.82, 2.24) is 0 Å². The molecule has 4 aliphatic rings. The van der Waals surface area contributed by atoms with Crippen LogP contribution in [0.4, 0.5) is 0 Å². The van der Waals surface area contributed by atoms with Gasteiger partial charge < -0.3 is 129 Å². The fraction of sp³-hybridized carbons (Fsp3) is 1.00. The van der Waals surface area contributed by atoms with Crippen LogP contribution < -0.4 is 0 Å². The van der Waals surface area contributed by atoms with Gasteiger partial charge in [-0.2, -0.15) is 0 Å². The van der Waals surface area contributed by atoms with E-state index in [-0.39, 0.29) is 13.2 Å². The molecule has 0 saturated carbocycles. The largest absolute Gasteiger partial charge is 0.394 e. The highest BCUT2D eigenvalue weighted by Crippen LogP contribution is 2.34. The van der Waals surface area contributed by atoms with Gasteiger partial charge in [0, 0.05) is 13.2 Å². The van der Waals surface area contributed by atoms with Crippen molar-refractivity contribution in [2.24, 2.45) is 0 Å². The molecular formula is C52H98O26. The van der Waals surface area contributed by atoms with Gasteiger partial charge in [0.1, 0.15) is 123 Å². The minimum absolute atomic E-state index is 0.0832. The first-order valence-electron chi connectivity index (χ1n) is 28.4. The smallest absolute Gasteiger partial charge is 0.219 e. The number of unbranched alkanes of at least 4 members (excludes halogenated alkanes) is 16. The van der Waals surface area contributed by atoms with Crippen molar-refractivity contribution in [2.75, 3.05) is 59.5 Å². The van der Waals surface area contributed by atoms with Gasteiger partial charge in [-0.25, -0.2) is 0 Å². The topological polar surface area (TPSA) is 416 Å². The highest BCUT2D eigenvalue weighted by atomic mass is 16.8. The van der Waals surface area contributed by atoms with Crippen molar-refractivity contribution in [2.45, 2.75) is 270 Å². The molecule has 4 rings (SSSR count). The summed E-state index contributed by atoms with van der Waals surface area (Å²) in [6.07, 6.45) is -22.9. The molecule has 0 aliphatic carbocycles. The van der Waals surface area contributed by atoms with Crippen molar-refractivity contribution in [1.29, 1.82) is 0 Å². The van der Waals surface area contributed by atoms with E-state index in [0.717, 1.165) is 89.9 Å². The summed E-state index contributed by atoms with van der Waals surface area (Å²) < 4.78 is 60.9. The first kappa shape index (κ1) is 69.5. The average Bonchev–Trinajstić information content (AvgIpc) is 3.46. The van der Waals surface area contributed by atoms with Crippen LogP contribution in [0.25, 0.3) is 0 Å². The predicted octanol–water partition coefficient (Wildman–Crippen LogP) is -3.18. The minimum atomic E-state index is -2.87. The maximum Gasteiger partial charge on any atom is 0.219 e. The van der Waals surface area contributed by atoms with Gasteiger partial charge in [-0.15, -0.1) is 0 Å². The summed E-state index contributed by atoms with van der Waals surface area (Å²) in [7, 11) is 0. The lowest BCUT2D eigenvalue weighted by Gasteiger charge is -2.47. The van der Waals surface area contributed by atoms with Crippen LogP contribution >= 0.6 is 0 Å². The standard InChI is InChI=1S/C52H98O26/c1-3-5-7-9-11-13-15-17-19-21-69-46(34(77-51-45(66)42(63)38(59)33(26-56)76-51)27-71-49-43(64)40(61)36(57)31(24-54)74-49)47(70-22-20-18-16-14-12-10-8-6-4-2)35(78-52(68)29-73-30(23-53)39(60)48(52)67)28-72-50-44(65)41(62)37(58)32(25-55)75-50/h30-51,53-68H,3-29H2,1-2H3/t30?,31?,32?,33?,34-,35-,36+,37+,38+,39+,40?,41?,42?,43?,44?,45?,46-,47-,48?,49+,50+,51-,52+/m0/s1. The maximum atomic E-state index is 12.2. The number of ether oxygens (including phenoxy) is 10. The molecule has 4 heterocycles. The summed E-state index contributed by atoms with van der Waals surface area (Å²) in [6, 6.07) is 0. The lowest BCUT2D eigenvalue weighted by atomic mass is 9.95. The zero-order valence-corrected chi connectivity index (χ0v) is 45.5. The maximum absolute atomic E-state index is 12.2. The van der Waals surface area contributed by atoms with E-state index in [4.69, 9.17) is 47.4 Å². The second kappa shape index (κ2) is 36.6. The van der Waals surface area contributed by atoms with Crippen molar-refractivity contribution >= 4 is 0 Å². The van der Waals surface area contributed by atoms with Crippen LogP contribution in [0.2, 0.25) is 0 Å². The third kappa shape index (κ3) is 20.3. The molecule has 26 nitrogen and oxygen atoms in total. The Hall–Kier alpha value is -1.04. The fourth-order valence-corrected chi connectivity index (χ4v) is 10.0. The lowest BCUT2D eigenvalue weighted by Crippen LogP contribution is -2.66. The van der Waals surface area contributed by atoms with Crippen LogP contribution in [0, 0.1) is 0 Å². The van der Waals surface area contributed by atoms with Crippen LogP contribution in [0.5, 0.6) is 0 Å². The van der Waals surface area contributed by atoms with Crippen molar-refractivity contribution in [3.05, 3.63) is 0 Å². The van der Waals surface area contributed by atoms with Crippen LogP contribution in [-0.4, -0.2) is 282 Å². The van der Waals surface area contributed by atoms with E-state index < -0.39 is 187 Å².